The van der Waals surface area contributed by atoms with E-state index in [1.165, 1.54) is 212 Å². The first-order valence-corrected chi connectivity index (χ1v) is 26.6. The Labute approximate surface area is 373 Å². The summed E-state index contributed by atoms with van der Waals surface area (Å²) in [6, 6.07) is -0.627. The van der Waals surface area contributed by atoms with Gasteiger partial charge in [0.25, 0.3) is 0 Å². The molecule has 0 aromatic heterocycles. The molecule has 0 fully saturated rings. The van der Waals surface area contributed by atoms with Crippen molar-refractivity contribution in [3.63, 3.8) is 0 Å². The summed E-state index contributed by atoms with van der Waals surface area (Å²) in [5, 5.41) is 22.9. The first-order valence-electron chi connectivity index (χ1n) is 26.6. The molecule has 0 aliphatic carbocycles. The number of aliphatic hydroxyl groups excluding tert-OH is 2. The SMILES string of the molecule is CCCCCCCC/C=C\CCCCCCCC(=O)OCCCCCCCCCCCCCCCCCCCCCC(=O)NC(CO)C(O)/C=C/CCCCCCCCC. The number of aliphatic hydroxyl groups is 2. The maximum absolute atomic E-state index is 12.4. The minimum Gasteiger partial charge on any atom is -0.466 e. The van der Waals surface area contributed by atoms with Gasteiger partial charge in [-0.25, -0.2) is 0 Å². The topological polar surface area (TPSA) is 95.9 Å². The van der Waals surface area contributed by atoms with E-state index in [4.69, 9.17) is 4.74 Å². The van der Waals surface area contributed by atoms with Crippen molar-refractivity contribution in [3.8, 4) is 0 Å². The van der Waals surface area contributed by atoms with E-state index in [1.807, 2.05) is 6.08 Å². The molecule has 0 aromatic rings. The second-order valence-electron chi connectivity index (χ2n) is 18.2. The van der Waals surface area contributed by atoms with Crippen molar-refractivity contribution in [3.05, 3.63) is 24.3 Å². The van der Waals surface area contributed by atoms with Gasteiger partial charge in [0.15, 0.2) is 0 Å². The normalized spacial score (nSPS) is 12.8. The molecule has 1 amide bonds. The van der Waals surface area contributed by atoms with E-state index in [1.54, 1.807) is 6.08 Å². The molecular weight excluding hydrogens is 743 g/mol. The van der Waals surface area contributed by atoms with Gasteiger partial charge < -0.3 is 20.3 Å². The van der Waals surface area contributed by atoms with Crippen LogP contribution in [0.2, 0.25) is 0 Å². The van der Waals surface area contributed by atoms with Gasteiger partial charge in [0, 0.05) is 12.8 Å². The molecule has 2 atom stereocenters. The lowest BCUT2D eigenvalue weighted by Gasteiger charge is -2.20. The van der Waals surface area contributed by atoms with E-state index in [-0.39, 0.29) is 18.5 Å². The van der Waals surface area contributed by atoms with Crippen LogP contribution in [0.25, 0.3) is 0 Å². The Morgan fingerprint density at radius 3 is 1.18 bits per heavy atom. The minimum atomic E-state index is -0.843. The fourth-order valence-corrected chi connectivity index (χ4v) is 8.10. The highest BCUT2D eigenvalue weighted by Gasteiger charge is 2.18. The molecule has 0 aromatic carbocycles. The molecule has 0 heterocycles. The fraction of sp³-hybridized carbons (Fsp3) is 0.889. The lowest BCUT2D eigenvalue weighted by molar-refractivity contribution is -0.143. The Kier molecular flexibility index (Phi) is 48.6. The molecule has 60 heavy (non-hydrogen) atoms. The van der Waals surface area contributed by atoms with Crippen LogP contribution in [0.15, 0.2) is 24.3 Å². The highest BCUT2D eigenvalue weighted by Crippen LogP contribution is 2.16. The van der Waals surface area contributed by atoms with Crippen LogP contribution >= 0.6 is 0 Å². The molecule has 0 radical (unpaired) electrons. The predicted molar refractivity (Wildman–Crippen MR) is 260 cm³/mol. The summed E-state index contributed by atoms with van der Waals surface area (Å²) in [4.78, 5) is 24.4. The largest absolute Gasteiger partial charge is 0.466 e. The lowest BCUT2D eigenvalue weighted by Crippen LogP contribution is -2.45. The second-order valence-corrected chi connectivity index (χ2v) is 18.2. The molecule has 0 saturated heterocycles. The Bertz CT molecular complexity index is 935. The molecule has 0 saturated carbocycles. The van der Waals surface area contributed by atoms with Crippen molar-refractivity contribution in [1.29, 1.82) is 0 Å². The summed E-state index contributed by atoms with van der Waals surface area (Å²) in [7, 11) is 0. The van der Waals surface area contributed by atoms with Crippen molar-refractivity contribution in [2.45, 2.75) is 296 Å². The van der Waals surface area contributed by atoms with E-state index in [2.05, 4.69) is 31.3 Å². The third kappa shape index (κ3) is 45.9. The molecule has 0 rings (SSSR count). The van der Waals surface area contributed by atoms with Gasteiger partial charge in [0.1, 0.15) is 0 Å². The van der Waals surface area contributed by atoms with Gasteiger partial charge in [-0.2, -0.15) is 0 Å². The average molecular weight is 846 g/mol. The molecular formula is C54H103NO5. The van der Waals surface area contributed by atoms with Crippen molar-refractivity contribution in [2.75, 3.05) is 13.2 Å². The number of allylic oxidation sites excluding steroid dienone is 3. The minimum absolute atomic E-state index is 0.0000921. The summed E-state index contributed by atoms with van der Waals surface area (Å²) in [6.07, 6.45) is 59.1. The van der Waals surface area contributed by atoms with E-state index in [0.29, 0.717) is 19.4 Å². The Morgan fingerprint density at radius 2 is 0.783 bits per heavy atom. The zero-order valence-electron chi connectivity index (χ0n) is 40.2. The van der Waals surface area contributed by atoms with Gasteiger partial charge in [-0.3, -0.25) is 9.59 Å². The van der Waals surface area contributed by atoms with Crippen molar-refractivity contribution in [2.24, 2.45) is 0 Å². The van der Waals surface area contributed by atoms with E-state index in [0.717, 1.165) is 44.9 Å². The molecule has 2 unspecified atom stereocenters. The van der Waals surface area contributed by atoms with Crippen LogP contribution < -0.4 is 5.32 Å². The third-order valence-corrected chi connectivity index (χ3v) is 12.2. The molecule has 3 N–H and O–H groups in total. The van der Waals surface area contributed by atoms with Gasteiger partial charge in [-0.05, 0) is 57.8 Å². The number of hydrogen-bond donors (Lipinski definition) is 3. The van der Waals surface area contributed by atoms with Gasteiger partial charge in [0.2, 0.25) is 5.91 Å². The standard InChI is InChI=1S/C54H103NO5/c1-3-5-7-9-11-13-14-15-21-25-28-32-36-40-44-48-54(59)60-49-45-41-37-33-29-26-23-20-18-16-17-19-22-24-27-31-35-39-43-47-53(58)55-51(50-56)52(57)46-42-38-34-30-12-10-8-6-4-2/h15,21,42,46,51-52,56-57H,3-14,16-20,22-41,43-45,47-50H2,1-2H3,(H,55,58)/b21-15-,46-42+. The summed E-state index contributed by atoms with van der Waals surface area (Å²) < 4.78 is 5.47. The quantitative estimate of drug-likeness (QED) is 0.0322. The molecule has 0 aliphatic heterocycles. The van der Waals surface area contributed by atoms with Crippen LogP contribution in [0.3, 0.4) is 0 Å². The van der Waals surface area contributed by atoms with Crippen LogP contribution in [0, 0.1) is 0 Å². The Hall–Kier alpha value is -1.66. The molecule has 0 bridgehead atoms. The first-order chi connectivity index (χ1) is 29.5. The number of ether oxygens (including phenoxy) is 1. The predicted octanol–water partition coefficient (Wildman–Crippen LogP) is 15.9. The average Bonchev–Trinajstić information content (AvgIpc) is 3.25. The molecule has 0 spiro atoms. The van der Waals surface area contributed by atoms with Gasteiger partial charge in [0.05, 0.1) is 25.4 Å². The molecule has 0 aliphatic rings. The number of hydrogen-bond acceptors (Lipinski definition) is 5. The first kappa shape index (κ1) is 58.3. The van der Waals surface area contributed by atoms with Gasteiger partial charge in [-0.15, -0.1) is 0 Å². The summed E-state index contributed by atoms with van der Waals surface area (Å²) in [5.41, 5.74) is 0. The van der Waals surface area contributed by atoms with Crippen LogP contribution in [0.4, 0.5) is 0 Å². The molecule has 354 valence electrons. The van der Waals surface area contributed by atoms with E-state index in [9.17, 15) is 19.8 Å². The summed E-state index contributed by atoms with van der Waals surface area (Å²) in [6.45, 7) is 4.86. The zero-order valence-corrected chi connectivity index (χ0v) is 40.2. The highest BCUT2D eigenvalue weighted by atomic mass is 16.5. The number of carbonyl (C=O) groups is 2. The maximum atomic E-state index is 12.4. The number of amides is 1. The molecule has 6 nitrogen and oxygen atoms in total. The second kappa shape index (κ2) is 50.0. The smallest absolute Gasteiger partial charge is 0.305 e. The maximum Gasteiger partial charge on any atom is 0.305 e. The third-order valence-electron chi connectivity index (χ3n) is 12.2. The van der Waals surface area contributed by atoms with Crippen molar-refractivity contribution >= 4 is 11.9 Å². The summed E-state index contributed by atoms with van der Waals surface area (Å²) in [5.74, 6) is -0.0738. The Balaban J connectivity index is 3.39. The monoisotopic (exact) mass is 846 g/mol. The van der Waals surface area contributed by atoms with E-state index >= 15 is 0 Å². The number of carbonyl (C=O) groups excluding carboxylic acids is 2. The lowest BCUT2D eigenvalue weighted by atomic mass is 10.0. The van der Waals surface area contributed by atoms with Crippen LogP contribution in [0.5, 0.6) is 0 Å². The number of rotatable bonds is 49. The zero-order chi connectivity index (χ0) is 43.7. The Morgan fingerprint density at radius 1 is 0.450 bits per heavy atom. The number of esters is 1. The van der Waals surface area contributed by atoms with Crippen molar-refractivity contribution in [1.82, 2.24) is 5.32 Å². The van der Waals surface area contributed by atoms with Crippen LogP contribution in [-0.4, -0.2) is 47.4 Å². The van der Waals surface area contributed by atoms with Gasteiger partial charge >= 0.3 is 5.97 Å². The molecule has 6 heteroatoms. The number of unbranched alkanes of at least 4 members (excludes halogenated alkanes) is 36. The van der Waals surface area contributed by atoms with Gasteiger partial charge in [-0.1, -0.05) is 237 Å². The van der Waals surface area contributed by atoms with E-state index < -0.39 is 12.1 Å². The van der Waals surface area contributed by atoms with Crippen LogP contribution in [0.1, 0.15) is 284 Å². The van der Waals surface area contributed by atoms with Crippen molar-refractivity contribution < 1.29 is 24.5 Å². The highest BCUT2D eigenvalue weighted by molar-refractivity contribution is 5.76. The summed E-state index contributed by atoms with van der Waals surface area (Å²) >= 11 is 0. The fourth-order valence-electron chi connectivity index (χ4n) is 8.10. The van der Waals surface area contributed by atoms with Crippen LogP contribution in [-0.2, 0) is 14.3 Å². The number of nitrogens with one attached hydrogen (secondary N) is 1.